The van der Waals surface area contributed by atoms with Crippen LogP contribution in [0.4, 0.5) is 0 Å². The zero-order chi connectivity index (χ0) is 12.6. The van der Waals surface area contributed by atoms with Gasteiger partial charge < -0.3 is 4.74 Å². The monoisotopic (exact) mass is 254 g/mol. The van der Waals surface area contributed by atoms with Gasteiger partial charge in [0, 0.05) is 6.04 Å². The topological polar surface area (TPSA) is 57.5 Å². The summed E-state index contributed by atoms with van der Waals surface area (Å²) >= 11 is 0. The number of hydrogen-bond donors (Lipinski definition) is 0. The lowest BCUT2D eigenvalue weighted by Crippen LogP contribution is -2.20. The van der Waals surface area contributed by atoms with Gasteiger partial charge in [-0.1, -0.05) is 0 Å². The number of aryl methyl sites for hydroxylation is 2. The van der Waals surface area contributed by atoms with Crippen LogP contribution < -0.4 is 9.46 Å². The largest absolute Gasteiger partial charge is 0.497 e. The second-order valence-electron chi connectivity index (χ2n) is 4.40. The van der Waals surface area contributed by atoms with Gasteiger partial charge in [0.15, 0.2) is 0 Å². The van der Waals surface area contributed by atoms with Gasteiger partial charge in [0.1, 0.15) is 5.75 Å². The maximum absolute atomic E-state index is 12.1. The maximum atomic E-state index is 12.1. The SMILES string of the molecule is COc1cc(C)c(S(=O)(=O)[N]C2CC2)c(C)c1. The Labute approximate surface area is 102 Å². The number of ether oxygens (including phenoxy) is 1. The number of nitrogens with zero attached hydrogens (tertiary/aromatic N) is 1. The van der Waals surface area contributed by atoms with Crippen molar-refractivity contribution < 1.29 is 13.2 Å². The van der Waals surface area contributed by atoms with Gasteiger partial charge in [-0.05, 0) is 49.9 Å². The summed E-state index contributed by atoms with van der Waals surface area (Å²) in [5.74, 6) is 0.672. The third-order valence-electron chi connectivity index (χ3n) is 2.76. The highest BCUT2D eigenvalue weighted by Gasteiger charge is 2.31. The van der Waals surface area contributed by atoms with Crippen LogP contribution in [0, 0.1) is 13.8 Å². The second-order valence-corrected chi connectivity index (χ2v) is 5.97. The summed E-state index contributed by atoms with van der Waals surface area (Å²) in [6.07, 6.45) is 1.76. The molecule has 1 radical (unpaired) electrons. The fourth-order valence-electron chi connectivity index (χ4n) is 1.86. The molecule has 93 valence electrons. The molecule has 0 saturated heterocycles. The predicted molar refractivity (Wildman–Crippen MR) is 64.8 cm³/mol. The summed E-state index contributed by atoms with van der Waals surface area (Å²) in [4.78, 5) is 0.324. The van der Waals surface area contributed by atoms with E-state index in [0.29, 0.717) is 21.8 Å². The normalized spacial score (nSPS) is 15.9. The Hall–Kier alpha value is -1.07. The van der Waals surface area contributed by atoms with Crippen LogP contribution >= 0.6 is 0 Å². The molecule has 2 rings (SSSR count). The smallest absolute Gasteiger partial charge is 0.257 e. The standard InChI is InChI=1S/C12H16NO3S/c1-8-6-11(16-3)7-9(2)12(8)17(14,15)13-10-4-5-10/h6-7,10H,4-5H2,1-3H3. The minimum atomic E-state index is -3.51. The Morgan fingerprint density at radius 1 is 1.24 bits per heavy atom. The van der Waals surface area contributed by atoms with Crippen molar-refractivity contribution in [2.45, 2.75) is 37.6 Å². The molecule has 1 fully saturated rings. The number of hydrogen-bond acceptors (Lipinski definition) is 3. The van der Waals surface area contributed by atoms with Crippen LogP contribution in [0.2, 0.25) is 0 Å². The number of sulfonamides is 1. The lowest BCUT2D eigenvalue weighted by Gasteiger charge is -2.12. The van der Waals surface area contributed by atoms with Gasteiger partial charge in [0.2, 0.25) is 0 Å². The van der Waals surface area contributed by atoms with Crippen molar-refractivity contribution in [2.75, 3.05) is 7.11 Å². The van der Waals surface area contributed by atoms with Crippen LogP contribution in [0.15, 0.2) is 17.0 Å². The van der Waals surface area contributed by atoms with E-state index in [1.807, 2.05) is 0 Å². The zero-order valence-corrected chi connectivity index (χ0v) is 11.0. The Morgan fingerprint density at radius 3 is 2.18 bits per heavy atom. The molecule has 0 spiro atoms. The lowest BCUT2D eigenvalue weighted by molar-refractivity contribution is 0.413. The summed E-state index contributed by atoms with van der Waals surface area (Å²) in [5.41, 5.74) is 1.37. The van der Waals surface area contributed by atoms with E-state index in [9.17, 15) is 8.42 Å². The molecule has 1 aromatic carbocycles. The summed E-state index contributed by atoms with van der Waals surface area (Å²) < 4.78 is 33.2. The van der Waals surface area contributed by atoms with E-state index in [-0.39, 0.29) is 6.04 Å². The van der Waals surface area contributed by atoms with Crippen LogP contribution in [0.1, 0.15) is 24.0 Å². The molecule has 0 N–H and O–H groups in total. The molecular formula is C12H16NO3S. The van der Waals surface area contributed by atoms with E-state index in [0.717, 1.165) is 12.8 Å². The molecule has 0 aliphatic heterocycles. The van der Waals surface area contributed by atoms with Crippen LogP contribution in [-0.4, -0.2) is 21.6 Å². The van der Waals surface area contributed by atoms with E-state index >= 15 is 0 Å². The summed E-state index contributed by atoms with van der Waals surface area (Å²) in [5, 5.41) is 0. The molecule has 1 aliphatic rings. The quantitative estimate of drug-likeness (QED) is 0.822. The van der Waals surface area contributed by atoms with Gasteiger partial charge in [-0.2, -0.15) is 0 Å². The molecule has 17 heavy (non-hydrogen) atoms. The van der Waals surface area contributed by atoms with Crippen LogP contribution in [0.5, 0.6) is 5.75 Å². The Kier molecular flexibility index (Phi) is 3.14. The molecule has 5 heteroatoms. The molecule has 0 unspecified atom stereocenters. The lowest BCUT2D eigenvalue weighted by atomic mass is 10.1. The van der Waals surface area contributed by atoms with E-state index in [2.05, 4.69) is 4.72 Å². The first-order valence-electron chi connectivity index (χ1n) is 5.56. The van der Waals surface area contributed by atoms with Gasteiger partial charge in [0.25, 0.3) is 10.0 Å². The highest BCUT2D eigenvalue weighted by Crippen LogP contribution is 2.29. The van der Waals surface area contributed by atoms with Gasteiger partial charge in [-0.25, -0.2) is 8.42 Å². The number of methoxy groups -OCH3 is 1. The molecule has 4 nitrogen and oxygen atoms in total. The Balaban J connectivity index is 2.43. The van der Waals surface area contributed by atoms with E-state index in [4.69, 9.17) is 4.74 Å². The van der Waals surface area contributed by atoms with Gasteiger partial charge in [-0.15, -0.1) is 4.72 Å². The third-order valence-corrected chi connectivity index (χ3v) is 4.50. The fraction of sp³-hybridized carbons (Fsp3) is 0.500. The summed E-state index contributed by atoms with van der Waals surface area (Å²) in [6, 6.07) is 3.45. The average molecular weight is 254 g/mol. The zero-order valence-electron chi connectivity index (χ0n) is 10.2. The van der Waals surface area contributed by atoms with Crippen molar-refractivity contribution >= 4 is 10.0 Å². The molecule has 1 aliphatic carbocycles. The van der Waals surface area contributed by atoms with Crippen molar-refractivity contribution in [3.63, 3.8) is 0 Å². The average Bonchev–Trinajstić information content (AvgIpc) is 2.98. The number of rotatable bonds is 4. The third kappa shape index (κ3) is 2.61. The van der Waals surface area contributed by atoms with E-state index in [1.165, 1.54) is 0 Å². The molecule has 0 amide bonds. The molecule has 1 aromatic rings. The molecular weight excluding hydrogens is 238 g/mol. The van der Waals surface area contributed by atoms with Gasteiger partial charge in [0.05, 0.1) is 12.0 Å². The second kappa shape index (κ2) is 4.31. The predicted octanol–water partition coefficient (Wildman–Crippen LogP) is 1.77. The minimum absolute atomic E-state index is 0.000835. The first-order chi connectivity index (χ1) is 7.94. The van der Waals surface area contributed by atoms with E-state index < -0.39 is 10.0 Å². The summed E-state index contributed by atoms with van der Waals surface area (Å²) in [6.45, 7) is 3.54. The van der Waals surface area contributed by atoms with Crippen LogP contribution in [0.3, 0.4) is 0 Å². The van der Waals surface area contributed by atoms with Crippen molar-refractivity contribution in [3.05, 3.63) is 23.3 Å². The molecule has 0 aromatic heterocycles. The van der Waals surface area contributed by atoms with Gasteiger partial charge in [-0.3, -0.25) is 0 Å². The minimum Gasteiger partial charge on any atom is -0.497 e. The highest BCUT2D eigenvalue weighted by atomic mass is 32.2. The maximum Gasteiger partial charge on any atom is 0.257 e. The van der Waals surface area contributed by atoms with Crippen molar-refractivity contribution in [1.29, 1.82) is 0 Å². The van der Waals surface area contributed by atoms with Gasteiger partial charge >= 0.3 is 0 Å². The fourth-order valence-corrected chi connectivity index (χ4v) is 3.50. The Morgan fingerprint density at radius 2 is 1.76 bits per heavy atom. The molecule has 0 heterocycles. The first kappa shape index (κ1) is 12.4. The van der Waals surface area contributed by atoms with Crippen LogP contribution in [-0.2, 0) is 10.0 Å². The van der Waals surface area contributed by atoms with E-state index in [1.54, 1.807) is 33.1 Å². The first-order valence-corrected chi connectivity index (χ1v) is 7.00. The number of benzene rings is 1. The Bertz CT molecular complexity index is 510. The highest BCUT2D eigenvalue weighted by molar-refractivity contribution is 7.89. The van der Waals surface area contributed by atoms with Crippen LogP contribution in [0.25, 0.3) is 0 Å². The van der Waals surface area contributed by atoms with Crippen molar-refractivity contribution in [2.24, 2.45) is 0 Å². The molecule has 1 saturated carbocycles. The summed E-state index contributed by atoms with van der Waals surface area (Å²) in [7, 11) is -1.95. The molecule has 0 atom stereocenters. The van der Waals surface area contributed by atoms with Crippen molar-refractivity contribution in [1.82, 2.24) is 4.72 Å². The van der Waals surface area contributed by atoms with Crippen molar-refractivity contribution in [3.8, 4) is 5.75 Å². The molecule has 0 bridgehead atoms.